The van der Waals surface area contributed by atoms with Gasteiger partial charge < -0.3 is 15.1 Å². The second-order valence-electron chi connectivity index (χ2n) is 2.46. The molecule has 3 N–H and O–H groups in total. The Morgan fingerprint density at radius 3 is 2.69 bits per heavy atom. The average Bonchev–Trinajstić information content (AvgIpc) is 2.09. The third-order valence-corrected chi connectivity index (χ3v) is 1.61. The van der Waals surface area contributed by atoms with E-state index in [0.29, 0.717) is 0 Å². The molecule has 66 valence electrons. The molecule has 0 fully saturated rings. The summed E-state index contributed by atoms with van der Waals surface area (Å²) in [6, 6.07) is 1.32. The van der Waals surface area contributed by atoms with Crippen LogP contribution in [0.3, 0.4) is 0 Å². The van der Waals surface area contributed by atoms with Crippen LogP contribution >= 0.6 is 0 Å². The van der Waals surface area contributed by atoms with Crippen molar-refractivity contribution in [2.45, 2.75) is 0 Å². The van der Waals surface area contributed by atoms with Crippen LogP contribution in [0, 0.1) is 0 Å². The zero-order chi connectivity index (χ0) is 9.42. The largest absolute Gasteiger partial charge is 0.506 e. The molecule has 13 heavy (non-hydrogen) atoms. The molecule has 6 heteroatoms. The molecule has 0 aromatic carbocycles. The van der Waals surface area contributed by atoms with E-state index < -0.39 is 11.1 Å². The number of fused-ring (bicyclic) bond motifs is 1. The maximum absolute atomic E-state index is 10.8. The van der Waals surface area contributed by atoms with Crippen molar-refractivity contribution in [1.82, 2.24) is 15.0 Å². The Kier molecular flexibility index (Phi) is 1.42. The van der Waals surface area contributed by atoms with Gasteiger partial charge in [-0.05, 0) is 0 Å². The van der Waals surface area contributed by atoms with E-state index >= 15 is 0 Å². The van der Waals surface area contributed by atoms with Gasteiger partial charge in [-0.15, -0.1) is 0 Å². The van der Waals surface area contributed by atoms with Crippen molar-refractivity contribution < 1.29 is 5.11 Å². The number of H-pyrrole nitrogens is 2. The maximum Gasteiger partial charge on any atom is 0.315 e. The fourth-order valence-electron chi connectivity index (χ4n) is 1.00. The van der Waals surface area contributed by atoms with Crippen LogP contribution in [0.4, 0.5) is 0 Å². The highest BCUT2D eigenvalue weighted by Crippen LogP contribution is 2.14. The first-order valence-corrected chi connectivity index (χ1v) is 3.49. The molecule has 0 aliphatic carbocycles. The van der Waals surface area contributed by atoms with Crippen LogP contribution in [0.15, 0.2) is 21.9 Å². The zero-order valence-corrected chi connectivity index (χ0v) is 6.37. The van der Waals surface area contributed by atoms with Gasteiger partial charge in [0.15, 0.2) is 5.65 Å². The summed E-state index contributed by atoms with van der Waals surface area (Å²) < 4.78 is 0. The predicted molar refractivity (Wildman–Crippen MR) is 44.6 cm³/mol. The first-order chi connectivity index (χ1) is 6.18. The van der Waals surface area contributed by atoms with Crippen LogP contribution in [0.1, 0.15) is 0 Å². The number of hydrogen-bond donors (Lipinski definition) is 3. The van der Waals surface area contributed by atoms with Crippen molar-refractivity contribution in [2.24, 2.45) is 0 Å². The summed E-state index contributed by atoms with van der Waals surface area (Å²) in [6.07, 6.45) is 1.33. The molecule has 0 aliphatic heterocycles. The zero-order valence-electron chi connectivity index (χ0n) is 6.37. The summed E-state index contributed by atoms with van der Waals surface area (Å²) in [6.45, 7) is 0. The SMILES string of the molecule is O=c1[nH]c2nccc(O)c2[nH]c1=O. The number of aromatic hydroxyl groups is 1. The third-order valence-electron chi connectivity index (χ3n) is 1.61. The monoisotopic (exact) mass is 179 g/mol. The van der Waals surface area contributed by atoms with Crippen LogP contribution in [-0.4, -0.2) is 20.1 Å². The van der Waals surface area contributed by atoms with Gasteiger partial charge in [-0.1, -0.05) is 0 Å². The van der Waals surface area contributed by atoms with Crippen molar-refractivity contribution in [2.75, 3.05) is 0 Å². The molecule has 2 aromatic rings. The molecule has 2 aromatic heterocycles. The Bertz CT molecular complexity index is 569. The molecule has 0 saturated carbocycles. The smallest absolute Gasteiger partial charge is 0.315 e. The fourth-order valence-corrected chi connectivity index (χ4v) is 1.00. The summed E-state index contributed by atoms with van der Waals surface area (Å²) in [4.78, 5) is 29.9. The van der Waals surface area contributed by atoms with Crippen molar-refractivity contribution >= 4 is 11.2 Å². The number of pyridine rings is 1. The topological polar surface area (TPSA) is 98.8 Å². The highest BCUT2D eigenvalue weighted by Gasteiger charge is 2.03. The number of nitrogens with zero attached hydrogens (tertiary/aromatic N) is 1. The molecule has 0 radical (unpaired) electrons. The molecular formula is C7H5N3O3. The fraction of sp³-hybridized carbons (Fsp3) is 0. The van der Waals surface area contributed by atoms with Crippen molar-refractivity contribution in [3.8, 4) is 5.75 Å². The van der Waals surface area contributed by atoms with Gasteiger partial charge in [0.2, 0.25) is 0 Å². The molecule has 0 bridgehead atoms. The number of hydrogen-bond acceptors (Lipinski definition) is 4. The molecule has 0 aliphatic rings. The molecule has 2 heterocycles. The number of nitrogens with one attached hydrogen (secondary N) is 2. The van der Waals surface area contributed by atoms with Crippen molar-refractivity contribution in [3.63, 3.8) is 0 Å². The molecule has 2 rings (SSSR count). The molecule has 0 saturated heterocycles. The summed E-state index contributed by atoms with van der Waals surface area (Å²) in [5.41, 5.74) is -1.31. The lowest BCUT2D eigenvalue weighted by Gasteiger charge is -1.96. The minimum Gasteiger partial charge on any atom is -0.506 e. The first-order valence-electron chi connectivity index (χ1n) is 3.49. The molecular weight excluding hydrogens is 174 g/mol. The van der Waals surface area contributed by atoms with Crippen LogP contribution in [-0.2, 0) is 0 Å². The summed E-state index contributed by atoms with van der Waals surface area (Å²) >= 11 is 0. The Morgan fingerprint density at radius 2 is 1.92 bits per heavy atom. The Hall–Kier alpha value is -2.11. The Morgan fingerprint density at radius 1 is 1.23 bits per heavy atom. The predicted octanol–water partition coefficient (Wildman–Crippen LogP) is -0.683. The van der Waals surface area contributed by atoms with E-state index in [1.54, 1.807) is 0 Å². The number of rotatable bonds is 0. The third kappa shape index (κ3) is 1.08. The van der Waals surface area contributed by atoms with Crippen molar-refractivity contribution in [1.29, 1.82) is 0 Å². The summed E-state index contributed by atoms with van der Waals surface area (Å²) in [5.74, 6) is -0.127. The van der Waals surface area contributed by atoms with Crippen LogP contribution in [0.5, 0.6) is 5.75 Å². The van der Waals surface area contributed by atoms with Crippen LogP contribution in [0.2, 0.25) is 0 Å². The number of aromatic nitrogens is 3. The highest BCUT2D eigenvalue weighted by atomic mass is 16.3. The van der Waals surface area contributed by atoms with Crippen LogP contribution in [0.25, 0.3) is 11.2 Å². The van der Waals surface area contributed by atoms with E-state index in [-0.39, 0.29) is 16.9 Å². The molecule has 0 atom stereocenters. The van der Waals surface area contributed by atoms with Gasteiger partial charge in [0.25, 0.3) is 0 Å². The highest BCUT2D eigenvalue weighted by molar-refractivity contribution is 5.75. The van der Waals surface area contributed by atoms with Gasteiger partial charge in [-0.25, -0.2) is 4.98 Å². The number of aromatic amines is 2. The summed E-state index contributed by atoms with van der Waals surface area (Å²) in [7, 11) is 0. The van der Waals surface area contributed by atoms with Gasteiger partial charge in [0.05, 0.1) is 0 Å². The molecule has 0 amide bonds. The quantitative estimate of drug-likeness (QED) is 0.466. The standard InChI is InChI=1S/C7H5N3O3/c11-3-1-2-8-5-4(3)9-6(12)7(13)10-5/h1-2H,(H,9,12)(H2,8,10,11,13). The van der Waals surface area contributed by atoms with Gasteiger partial charge in [0.1, 0.15) is 11.3 Å². The van der Waals surface area contributed by atoms with Gasteiger partial charge in [-0.3, -0.25) is 9.59 Å². The maximum atomic E-state index is 10.8. The Balaban J connectivity index is 3.06. The lowest BCUT2D eigenvalue weighted by molar-refractivity contribution is 0.479. The van der Waals surface area contributed by atoms with E-state index in [9.17, 15) is 14.7 Å². The molecule has 0 unspecified atom stereocenters. The van der Waals surface area contributed by atoms with E-state index in [1.165, 1.54) is 12.3 Å². The lowest BCUT2D eigenvalue weighted by atomic mass is 10.4. The van der Waals surface area contributed by atoms with Gasteiger partial charge in [0, 0.05) is 12.3 Å². The normalized spacial score (nSPS) is 10.5. The molecule has 6 nitrogen and oxygen atoms in total. The minimum atomic E-state index is -0.809. The Labute approximate surface area is 70.9 Å². The first kappa shape index (κ1) is 7.53. The molecule has 0 spiro atoms. The van der Waals surface area contributed by atoms with E-state index in [1.807, 2.05) is 0 Å². The van der Waals surface area contributed by atoms with Crippen molar-refractivity contribution in [3.05, 3.63) is 33.0 Å². The second kappa shape index (κ2) is 2.44. The van der Waals surface area contributed by atoms with Gasteiger partial charge in [-0.2, -0.15) is 0 Å². The average molecular weight is 179 g/mol. The lowest BCUT2D eigenvalue weighted by Crippen LogP contribution is -2.29. The van der Waals surface area contributed by atoms with E-state index in [2.05, 4.69) is 15.0 Å². The summed E-state index contributed by atoms with van der Waals surface area (Å²) in [5, 5.41) is 9.25. The van der Waals surface area contributed by atoms with E-state index in [0.717, 1.165) is 0 Å². The van der Waals surface area contributed by atoms with E-state index in [4.69, 9.17) is 0 Å². The van der Waals surface area contributed by atoms with Gasteiger partial charge >= 0.3 is 11.1 Å². The van der Waals surface area contributed by atoms with Crippen LogP contribution < -0.4 is 11.1 Å². The minimum absolute atomic E-state index is 0.127. The second-order valence-corrected chi connectivity index (χ2v) is 2.46.